The van der Waals surface area contributed by atoms with Gasteiger partial charge in [0.05, 0.1) is 4.21 Å². The molecule has 3 rings (SSSR count). The van der Waals surface area contributed by atoms with Crippen molar-refractivity contribution in [3.05, 3.63) is 22.8 Å². The van der Waals surface area contributed by atoms with Gasteiger partial charge in [-0.2, -0.15) is 15.0 Å². The smallest absolute Gasteiger partial charge is 0.230 e. The second-order valence-electron chi connectivity index (χ2n) is 4.27. The first-order valence-electron chi connectivity index (χ1n) is 6.19. The highest BCUT2D eigenvalue weighted by molar-refractivity contribution is 8.01. The normalized spacial score (nSPS) is 15.7. The van der Waals surface area contributed by atoms with Crippen LogP contribution >= 0.6 is 34.7 Å². The molecule has 0 aliphatic carbocycles. The maximum absolute atomic E-state index is 6.01. The zero-order valence-electron chi connectivity index (χ0n) is 10.3. The maximum Gasteiger partial charge on any atom is 0.230 e. The van der Waals surface area contributed by atoms with Crippen LogP contribution in [0.3, 0.4) is 0 Å². The molecule has 0 spiro atoms. The number of halogens is 1. The van der Waals surface area contributed by atoms with E-state index in [1.54, 1.807) is 11.3 Å². The van der Waals surface area contributed by atoms with Crippen molar-refractivity contribution >= 4 is 40.6 Å². The molecular formula is C12H13ClN4S2. The van der Waals surface area contributed by atoms with Crippen LogP contribution in [0.25, 0.3) is 0 Å². The molecule has 4 nitrogen and oxygen atoms in total. The molecule has 1 saturated heterocycles. The summed E-state index contributed by atoms with van der Waals surface area (Å²) in [6.07, 6.45) is 3.67. The molecule has 0 atom stereocenters. The second-order valence-corrected chi connectivity index (χ2v) is 6.82. The highest BCUT2D eigenvalue weighted by Crippen LogP contribution is 2.30. The van der Waals surface area contributed by atoms with Crippen molar-refractivity contribution in [2.24, 2.45) is 0 Å². The fourth-order valence-corrected chi connectivity index (χ4v) is 3.84. The first kappa shape index (κ1) is 13.1. The van der Waals surface area contributed by atoms with Gasteiger partial charge in [-0.25, -0.2) is 0 Å². The number of piperidine rings is 1. The van der Waals surface area contributed by atoms with E-state index in [-0.39, 0.29) is 5.28 Å². The van der Waals surface area contributed by atoms with Crippen LogP contribution < -0.4 is 4.90 Å². The number of nitrogens with zero attached hydrogens (tertiary/aromatic N) is 4. The molecule has 1 aliphatic rings. The van der Waals surface area contributed by atoms with Crippen LogP contribution in [0.1, 0.15) is 19.3 Å². The Morgan fingerprint density at radius 1 is 1.16 bits per heavy atom. The minimum Gasteiger partial charge on any atom is -0.341 e. The Kier molecular flexibility index (Phi) is 4.20. The van der Waals surface area contributed by atoms with Crippen molar-refractivity contribution < 1.29 is 0 Å². The molecule has 1 aliphatic heterocycles. The number of thiophene rings is 1. The largest absolute Gasteiger partial charge is 0.341 e. The van der Waals surface area contributed by atoms with E-state index in [0.29, 0.717) is 11.1 Å². The van der Waals surface area contributed by atoms with Crippen LogP contribution in [-0.2, 0) is 0 Å². The topological polar surface area (TPSA) is 41.9 Å². The van der Waals surface area contributed by atoms with Gasteiger partial charge in [-0.05, 0) is 54.1 Å². The molecule has 2 aromatic rings. The molecule has 1 fully saturated rings. The van der Waals surface area contributed by atoms with Gasteiger partial charge in [-0.15, -0.1) is 11.3 Å². The third-order valence-corrected chi connectivity index (χ3v) is 4.97. The molecule has 19 heavy (non-hydrogen) atoms. The summed E-state index contributed by atoms with van der Waals surface area (Å²) in [5, 5.41) is 2.98. The molecule has 0 amide bonds. The van der Waals surface area contributed by atoms with Crippen molar-refractivity contribution in [3.63, 3.8) is 0 Å². The van der Waals surface area contributed by atoms with E-state index in [0.717, 1.165) is 17.3 Å². The Morgan fingerprint density at radius 3 is 2.74 bits per heavy atom. The molecule has 3 heterocycles. The number of hydrogen-bond donors (Lipinski definition) is 0. The lowest BCUT2D eigenvalue weighted by molar-refractivity contribution is 0.564. The minimum atomic E-state index is 0.273. The van der Waals surface area contributed by atoms with E-state index in [1.165, 1.54) is 31.0 Å². The Balaban J connectivity index is 1.82. The van der Waals surface area contributed by atoms with Gasteiger partial charge < -0.3 is 4.90 Å². The molecular weight excluding hydrogens is 300 g/mol. The number of hydrogen-bond acceptors (Lipinski definition) is 6. The van der Waals surface area contributed by atoms with E-state index < -0.39 is 0 Å². The molecule has 0 saturated carbocycles. The van der Waals surface area contributed by atoms with Gasteiger partial charge >= 0.3 is 0 Å². The zero-order chi connectivity index (χ0) is 13.1. The Morgan fingerprint density at radius 2 is 2.00 bits per heavy atom. The lowest BCUT2D eigenvalue weighted by atomic mass is 10.1. The lowest BCUT2D eigenvalue weighted by Crippen LogP contribution is -2.31. The Labute approximate surface area is 125 Å². The van der Waals surface area contributed by atoms with Crippen LogP contribution in [0.15, 0.2) is 26.9 Å². The van der Waals surface area contributed by atoms with Gasteiger partial charge in [0.2, 0.25) is 11.2 Å². The molecule has 7 heteroatoms. The number of rotatable bonds is 3. The third-order valence-electron chi connectivity index (χ3n) is 2.90. The van der Waals surface area contributed by atoms with Crippen LogP contribution in [0.4, 0.5) is 5.95 Å². The predicted octanol–water partition coefficient (Wildman–Crippen LogP) is 3.73. The SMILES string of the molecule is Clc1nc(Sc2cccs2)nc(N2CCCCC2)n1. The Hall–Kier alpha value is -0.850. The van der Waals surface area contributed by atoms with Gasteiger partial charge in [0.1, 0.15) is 0 Å². The molecule has 2 aromatic heterocycles. The van der Waals surface area contributed by atoms with Crippen molar-refractivity contribution in [1.82, 2.24) is 15.0 Å². The van der Waals surface area contributed by atoms with Crippen molar-refractivity contribution in [2.45, 2.75) is 28.6 Å². The molecule has 0 aromatic carbocycles. The number of aromatic nitrogens is 3. The van der Waals surface area contributed by atoms with E-state index in [9.17, 15) is 0 Å². The van der Waals surface area contributed by atoms with Crippen molar-refractivity contribution in [3.8, 4) is 0 Å². The summed E-state index contributed by atoms with van der Waals surface area (Å²) in [5.41, 5.74) is 0. The van der Waals surface area contributed by atoms with Crippen molar-refractivity contribution in [1.29, 1.82) is 0 Å². The zero-order valence-corrected chi connectivity index (χ0v) is 12.6. The Bertz CT molecular complexity index is 541. The summed E-state index contributed by atoms with van der Waals surface area (Å²) in [6, 6.07) is 4.06. The van der Waals surface area contributed by atoms with Gasteiger partial charge in [-0.3, -0.25) is 0 Å². The predicted molar refractivity (Wildman–Crippen MR) is 79.3 cm³/mol. The fraction of sp³-hybridized carbons (Fsp3) is 0.417. The molecule has 0 N–H and O–H groups in total. The highest BCUT2D eigenvalue weighted by Gasteiger charge is 2.16. The quantitative estimate of drug-likeness (QED) is 0.864. The van der Waals surface area contributed by atoms with Crippen molar-refractivity contribution in [2.75, 3.05) is 18.0 Å². The van der Waals surface area contributed by atoms with Gasteiger partial charge in [0.15, 0.2) is 5.16 Å². The lowest BCUT2D eigenvalue weighted by Gasteiger charge is -2.26. The molecule has 0 bridgehead atoms. The van der Waals surface area contributed by atoms with E-state index in [4.69, 9.17) is 11.6 Å². The third kappa shape index (κ3) is 3.38. The van der Waals surface area contributed by atoms with Crippen LogP contribution in [0.2, 0.25) is 5.28 Å². The summed E-state index contributed by atoms with van der Waals surface area (Å²) in [5.74, 6) is 0.707. The van der Waals surface area contributed by atoms with Crippen LogP contribution in [0, 0.1) is 0 Å². The van der Waals surface area contributed by atoms with E-state index in [1.807, 2.05) is 17.5 Å². The number of anilines is 1. The first-order valence-corrected chi connectivity index (χ1v) is 8.26. The summed E-state index contributed by atoms with van der Waals surface area (Å²) in [4.78, 5) is 15.1. The maximum atomic E-state index is 6.01. The highest BCUT2D eigenvalue weighted by atomic mass is 35.5. The molecule has 0 radical (unpaired) electrons. The monoisotopic (exact) mass is 312 g/mol. The second kappa shape index (κ2) is 6.07. The van der Waals surface area contributed by atoms with Gasteiger partial charge in [-0.1, -0.05) is 6.07 Å². The van der Waals surface area contributed by atoms with E-state index in [2.05, 4.69) is 19.9 Å². The average molecular weight is 313 g/mol. The molecule has 100 valence electrons. The van der Waals surface area contributed by atoms with Gasteiger partial charge in [0.25, 0.3) is 0 Å². The minimum absolute atomic E-state index is 0.273. The van der Waals surface area contributed by atoms with Crippen LogP contribution in [0.5, 0.6) is 0 Å². The summed E-state index contributed by atoms with van der Waals surface area (Å²) >= 11 is 9.21. The van der Waals surface area contributed by atoms with E-state index >= 15 is 0 Å². The summed E-state index contributed by atoms with van der Waals surface area (Å²) < 4.78 is 1.16. The fourth-order valence-electron chi connectivity index (χ4n) is 2.01. The van der Waals surface area contributed by atoms with Crippen LogP contribution in [-0.4, -0.2) is 28.0 Å². The molecule has 0 unspecified atom stereocenters. The average Bonchev–Trinajstić information content (AvgIpc) is 2.92. The summed E-state index contributed by atoms with van der Waals surface area (Å²) in [6.45, 7) is 2.01. The summed E-state index contributed by atoms with van der Waals surface area (Å²) in [7, 11) is 0. The standard InChI is InChI=1S/C12H13ClN4S2/c13-10-14-11(17-6-2-1-3-7-17)16-12(15-10)19-9-5-4-8-18-9/h4-5,8H,1-3,6-7H2. The van der Waals surface area contributed by atoms with Gasteiger partial charge in [0, 0.05) is 13.1 Å². The first-order chi connectivity index (χ1) is 9.31.